The van der Waals surface area contributed by atoms with Crippen LogP contribution < -0.4 is 5.32 Å². The molecule has 0 bridgehead atoms. The van der Waals surface area contributed by atoms with Crippen LogP contribution in [0, 0.1) is 0 Å². The highest BCUT2D eigenvalue weighted by molar-refractivity contribution is 5.71. The summed E-state index contributed by atoms with van der Waals surface area (Å²) in [4.78, 5) is 13.7. The summed E-state index contributed by atoms with van der Waals surface area (Å²) in [6.07, 6.45) is 5.16. The maximum Gasteiger partial charge on any atom is 0.412 e. The zero-order chi connectivity index (χ0) is 13.9. The number of amides is 1. The number of alkyl carbamates (subject to hydrolysis) is 1. The third-order valence-corrected chi connectivity index (χ3v) is 2.32. The lowest BCUT2D eigenvalue weighted by Gasteiger charge is -2.31. The molecule has 0 spiro atoms. The highest BCUT2D eigenvalue weighted by Crippen LogP contribution is 2.20. The lowest BCUT2D eigenvalue weighted by Crippen LogP contribution is -2.36. The Morgan fingerprint density at radius 2 is 2.06 bits per heavy atom. The van der Waals surface area contributed by atoms with Gasteiger partial charge in [-0.05, 0) is 46.8 Å². The van der Waals surface area contributed by atoms with E-state index in [1.54, 1.807) is 0 Å². The van der Waals surface area contributed by atoms with Crippen molar-refractivity contribution in [3.05, 3.63) is 36.3 Å². The molecule has 0 aliphatic carbocycles. The highest BCUT2D eigenvalue weighted by Gasteiger charge is 2.20. The van der Waals surface area contributed by atoms with Crippen LogP contribution in [0.15, 0.2) is 36.3 Å². The van der Waals surface area contributed by atoms with Crippen LogP contribution in [0.1, 0.15) is 34.6 Å². The first-order chi connectivity index (χ1) is 8.20. The van der Waals surface area contributed by atoms with Gasteiger partial charge in [0, 0.05) is 12.2 Å². The van der Waals surface area contributed by atoms with Crippen molar-refractivity contribution >= 4 is 6.09 Å². The van der Waals surface area contributed by atoms with Gasteiger partial charge in [-0.2, -0.15) is 0 Å². The number of hydrogen-bond donors (Lipinski definition) is 1. The topological polar surface area (TPSA) is 41.6 Å². The summed E-state index contributed by atoms with van der Waals surface area (Å²) in [5.74, 6) is 0. The quantitative estimate of drug-likeness (QED) is 0.818. The second-order valence-corrected chi connectivity index (χ2v) is 5.50. The Hall–Kier alpha value is -1.71. The average Bonchev–Trinajstić information content (AvgIpc) is 2.17. The molecule has 0 unspecified atom stereocenters. The number of hydrogen-bond acceptors (Lipinski definition) is 3. The molecule has 0 saturated carbocycles. The first kappa shape index (κ1) is 14.4. The number of carbonyl (C=O) groups is 1. The van der Waals surface area contributed by atoms with E-state index in [1.165, 1.54) is 0 Å². The summed E-state index contributed by atoms with van der Waals surface area (Å²) in [7, 11) is 0. The fraction of sp³-hybridized carbons (Fsp3) is 0.500. The van der Waals surface area contributed by atoms with Crippen LogP contribution in [0.5, 0.6) is 0 Å². The standard InChI is InChI=1S/C14H22N2O2/c1-10(2)16-9-7-8-12(11(16)3)15-13(17)18-14(4,5)6/h7-10H,3H2,1-2,4-6H3,(H,15,17). The van der Waals surface area contributed by atoms with E-state index >= 15 is 0 Å². The number of nitrogens with zero attached hydrogens (tertiary/aromatic N) is 1. The van der Waals surface area contributed by atoms with Crippen LogP contribution in [0.3, 0.4) is 0 Å². The fourth-order valence-electron chi connectivity index (χ4n) is 1.57. The lowest BCUT2D eigenvalue weighted by molar-refractivity contribution is 0.0545. The summed E-state index contributed by atoms with van der Waals surface area (Å²) in [5.41, 5.74) is 0.924. The largest absolute Gasteiger partial charge is 0.444 e. The molecule has 0 aromatic heterocycles. The van der Waals surface area contributed by atoms with Crippen LogP contribution in [-0.4, -0.2) is 22.6 Å². The van der Waals surface area contributed by atoms with Crippen LogP contribution in [-0.2, 0) is 4.74 Å². The van der Waals surface area contributed by atoms with Gasteiger partial charge in [-0.3, -0.25) is 5.32 Å². The zero-order valence-electron chi connectivity index (χ0n) is 11.8. The molecule has 1 rings (SSSR count). The van der Waals surface area contributed by atoms with Gasteiger partial charge in [-0.1, -0.05) is 6.58 Å². The van der Waals surface area contributed by atoms with Gasteiger partial charge in [-0.25, -0.2) is 4.79 Å². The smallest absolute Gasteiger partial charge is 0.412 e. The number of nitrogens with one attached hydrogen (secondary N) is 1. The first-order valence-electron chi connectivity index (χ1n) is 6.07. The number of carbonyl (C=O) groups excluding carboxylic acids is 1. The van der Waals surface area contributed by atoms with E-state index < -0.39 is 11.7 Å². The minimum absolute atomic E-state index is 0.290. The van der Waals surface area contributed by atoms with Crippen molar-refractivity contribution in [2.45, 2.75) is 46.3 Å². The van der Waals surface area contributed by atoms with Crippen LogP contribution >= 0.6 is 0 Å². The van der Waals surface area contributed by atoms with E-state index in [0.29, 0.717) is 5.70 Å². The van der Waals surface area contributed by atoms with Crippen molar-refractivity contribution < 1.29 is 9.53 Å². The summed E-state index contributed by atoms with van der Waals surface area (Å²) >= 11 is 0. The Bertz CT molecular complexity index is 401. The summed E-state index contributed by atoms with van der Waals surface area (Å²) in [6, 6.07) is 0.290. The minimum Gasteiger partial charge on any atom is -0.444 e. The van der Waals surface area contributed by atoms with E-state index in [2.05, 4.69) is 25.7 Å². The number of allylic oxidation sites excluding steroid dienone is 2. The molecule has 0 fully saturated rings. The SMILES string of the molecule is C=C1C(NC(=O)OC(C)(C)C)=CC=CN1C(C)C. The Morgan fingerprint density at radius 1 is 1.44 bits per heavy atom. The van der Waals surface area contributed by atoms with Crippen molar-refractivity contribution in [2.24, 2.45) is 0 Å². The first-order valence-corrected chi connectivity index (χ1v) is 6.07. The summed E-state index contributed by atoms with van der Waals surface area (Å²) in [6.45, 7) is 13.6. The molecule has 18 heavy (non-hydrogen) atoms. The third-order valence-electron chi connectivity index (χ3n) is 2.32. The normalized spacial score (nSPS) is 15.8. The molecular formula is C14H22N2O2. The van der Waals surface area contributed by atoms with Crippen LogP contribution in [0.25, 0.3) is 0 Å². The Labute approximate surface area is 109 Å². The van der Waals surface area contributed by atoms with Gasteiger partial charge in [0.1, 0.15) is 5.60 Å². The highest BCUT2D eigenvalue weighted by atomic mass is 16.6. The molecule has 4 heteroatoms. The second kappa shape index (κ2) is 5.29. The maximum absolute atomic E-state index is 11.7. The van der Waals surface area contributed by atoms with Gasteiger partial charge in [0.2, 0.25) is 0 Å². The third kappa shape index (κ3) is 3.95. The molecule has 0 aromatic carbocycles. The molecule has 0 saturated heterocycles. The molecule has 0 aromatic rings. The fourth-order valence-corrected chi connectivity index (χ4v) is 1.57. The van der Waals surface area contributed by atoms with Gasteiger partial charge in [0.25, 0.3) is 0 Å². The molecule has 0 radical (unpaired) electrons. The summed E-state index contributed by atoms with van der Waals surface area (Å²) < 4.78 is 5.21. The lowest BCUT2D eigenvalue weighted by atomic mass is 10.2. The Kier molecular flexibility index (Phi) is 4.22. The van der Waals surface area contributed by atoms with E-state index in [0.717, 1.165) is 5.70 Å². The molecule has 0 atom stereocenters. The molecule has 4 nitrogen and oxygen atoms in total. The Morgan fingerprint density at radius 3 is 2.56 bits per heavy atom. The van der Waals surface area contributed by atoms with Gasteiger partial charge in [0.05, 0.1) is 11.4 Å². The number of ether oxygens (including phenoxy) is 1. The van der Waals surface area contributed by atoms with E-state index in [9.17, 15) is 4.79 Å². The molecule has 1 aliphatic heterocycles. The van der Waals surface area contributed by atoms with E-state index in [1.807, 2.05) is 44.0 Å². The predicted molar refractivity (Wildman–Crippen MR) is 72.7 cm³/mol. The minimum atomic E-state index is -0.506. The van der Waals surface area contributed by atoms with E-state index in [4.69, 9.17) is 4.74 Å². The second-order valence-electron chi connectivity index (χ2n) is 5.50. The van der Waals surface area contributed by atoms with Crippen molar-refractivity contribution in [3.8, 4) is 0 Å². The molecule has 1 amide bonds. The maximum atomic E-state index is 11.7. The van der Waals surface area contributed by atoms with Crippen LogP contribution in [0.2, 0.25) is 0 Å². The average molecular weight is 250 g/mol. The summed E-state index contributed by atoms with van der Waals surface area (Å²) in [5, 5.41) is 2.72. The Balaban J connectivity index is 2.68. The van der Waals surface area contributed by atoms with Crippen LogP contribution in [0.4, 0.5) is 4.79 Å². The van der Waals surface area contributed by atoms with Crippen molar-refractivity contribution in [2.75, 3.05) is 0 Å². The zero-order valence-corrected chi connectivity index (χ0v) is 11.8. The van der Waals surface area contributed by atoms with Gasteiger partial charge in [0.15, 0.2) is 0 Å². The molecule has 1 aliphatic rings. The predicted octanol–water partition coefficient (Wildman–Crippen LogP) is 3.15. The van der Waals surface area contributed by atoms with Crippen molar-refractivity contribution in [3.63, 3.8) is 0 Å². The monoisotopic (exact) mass is 250 g/mol. The number of rotatable bonds is 2. The molecule has 100 valence electrons. The van der Waals surface area contributed by atoms with Crippen molar-refractivity contribution in [1.29, 1.82) is 0 Å². The van der Waals surface area contributed by atoms with Gasteiger partial charge >= 0.3 is 6.09 Å². The van der Waals surface area contributed by atoms with E-state index in [-0.39, 0.29) is 6.04 Å². The van der Waals surface area contributed by atoms with Gasteiger partial charge in [-0.15, -0.1) is 0 Å². The van der Waals surface area contributed by atoms with Crippen molar-refractivity contribution in [1.82, 2.24) is 10.2 Å². The molecular weight excluding hydrogens is 228 g/mol. The van der Waals surface area contributed by atoms with Gasteiger partial charge < -0.3 is 9.64 Å². The molecule has 1 N–H and O–H groups in total. The molecule has 1 heterocycles.